The van der Waals surface area contributed by atoms with Gasteiger partial charge in [0.05, 0.1) is 10.6 Å². The molecular formula is C20H20ClNO4. The van der Waals surface area contributed by atoms with E-state index in [0.29, 0.717) is 10.6 Å². The lowest BCUT2D eigenvalue weighted by Gasteiger charge is -2.21. The normalized spacial score (nSPS) is 11.7. The highest BCUT2D eigenvalue weighted by atomic mass is 35.5. The molecule has 0 saturated heterocycles. The number of ketones is 1. The zero-order chi connectivity index (χ0) is 19.1. The van der Waals surface area contributed by atoms with E-state index in [9.17, 15) is 14.4 Å². The van der Waals surface area contributed by atoms with Crippen LogP contribution in [0.3, 0.4) is 0 Å². The van der Waals surface area contributed by atoms with E-state index < -0.39 is 17.9 Å². The number of hydrogen-bond acceptors (Lipinski definition) is 4. The van der Waals surface area contributed by atoms with Gasteiger partial charge in [-0.25, -0.2) is 4.79 Å². The Hall–Kier alpha value is -2.66. The van der Waals surface area contributed by atoms with Gasteiger partial charge in [0, 0.05) is 5.56 Å². The first-order valence-corrected chi connectivity index (χ1v) is 8.58. The minimum absolute atomic E-state index is 0.222. The lowest BCUT2D eigenvalue weighted by molar-refractivity contribution is -0.145. The van der Waals surface area contributed by atoms with Crippen LogP contribution >= 0.6 is 11.6 Å². The summed E-state index contributed by atoms with van der Waals surface area (Å²) in [7, 11) is 0. The third kappa shape index (κ3) is 5.17. The van der Waals surface area contributed by atoms with Crippen molar-refractivity contribution in [3.8, 4) is 0 Å². The Morgan fingerprint density at radius 2 is 1.62 bits per heavy atom. The molecule has 0 saturated carbocycles. The Balaban J connectivity index is 2.00. The van der Waals surface area contributed by atoms with Gasteiger partial charge in [-0.1, -0.05) is 67.9 Å². The SMILES string of the molecule is CC(C)[C@H](NC(=O)c1ccccc1Cl)C(=O)OCC(=O)c1ccccc1. The molecular weight excluding hydrogens is 354 g/mol. The fraction of sp³-hybridized carbons (Fsp3) is 0.250. The summed E-state index contributed by atoms with van der Waals surface area (Å²) in [6.45, 7) is 3.17. The van der Waals surface area contributed by atoms with Gasteiger partial charge in [-0.05, 0) is 18.1 Å². The second kappa shape index (κ2) is 9.15. The van der Waals surface area contributed by atoms with E-state index in [0.717, 1.165) is 0 Å². The number of hydrogen-bond donors (Lipinski definition) is 1. The molecule has 1 amide bonds. The highest BCUT2D eigenvalue weighted by Gasteiger charge is 2.27. The minimum atomic E-state index is -0.887. The maximum absolute atomic E-state index is 12.4. The molecule has 26 heavy (non-hydrogen) atoms. The summed E-state index contributed by atoms with van der Waals surface area (Å²) in [5, 5.41) is 2.92. The number of Topliss-reactive ketones (excluding diaryl/α,β-unsaturated/α-hetero) is 1. The maximum atomic E-state index is 12.4. The summed E-state index contributed by atoms with van der Waals surface area (Å²) < 4.78 is 5.11. The van der Waals surface area contributed by atoms with E-state index in [1.807, 2.05) is 0 Å². The number of nitrogens with one attached hydrogen (secondary N) is 1. The molecule has 0 bridgehead atoms. The molecule has 136 valence electrons. The molecule has 0 fully saturated rings. The molecule has 0 aliphatic heterocycles. The fourth-order valence-corrected chi connectivity index (χ4v) is 2.52. The molecule has 0 aliphatic carbocycles. The summed E-state index contributed by atoms with van der Waals surface area (Å²) in [4.78, 5) is 36.8. The number of esters is 1. The largest absolute Gasteiger partial charge is 0.456 e. The fourth-order valence-electron chi connectivity index (χ4n) is 2.30. The van der Waals surface area contributed by atoms with Gasteiger partial charge in [-0.3, -0.25) is 9.59 Å². The number of benzene rings is 2. The molecule has 0 spiro atoms. The van der Waals surface area contributed by atoms with E-state index in [4.69, 9.17) is 16.3 Å². The Labute approximate surface area is 157 Å². The van der Waals surface area contributed by atoms with E-state index in [1.54, 1.807) is 68.4 Å². The molecule has 0 heterocycles. The van der Waals surface area contributed by atoms with E-state index in [-0.39, 0.29) is 23.9 Å². The van der Waals surface area contributed by atoms with Gasteiger partial charge >= 0.3 is 5.97 Å². The van der Waals surface area contributed by atoms with Crippen molar-refractivity contribution in [3.63, 3.8) is 0 Å². The van der Waals surface area contributed by atoms with Gasteiger partial charge in [0.15, 0.2) is 12.4 Å². The molecule has 5 nitrogen and oxygen atoms in total. The van der Waals surface area contributed by atoms with E-state index in [1.165, 1.54) is 0 Å². The van der Waals surface area contributed by atoms with Crippen molar-refractivity contribution in [2.45, 2.75) is 19.9 Å². The zero-order valence-corrected chi connectivity index (χ0v) is 15.3. The number of carbonyl (C=O) groups is 3. The van der Waals surface area contributed by atoms with Crippen molar-refractivity contribution in [3.05, 3.63) is 70.7 Å². The van der Waals surface area contributed by atoms with Gasteiger partial charge in [0.25, 0.3) is 5.91 Å². The summed E-state index contributed by atoms with van der Waals surface area (Å²) in [5.74, 6) is -1.66. The van der Waals surface area contributed by atoms with Crippen molar-refractivity contribution in [1.29, 1.82) is 0 Å². The van der Waals surface area contributed by atoms with Crippen molar-refractivity contribution < 1.29 is 19.1 Å². The predicted molar refractivity (Wildman–Crippen MR) is 99.3 cm³/mol. The first-order valence-electron chi connectivity index (χ1n) is 8.20. The van der Waals surface area contributed by atoms with Gasteiger partial charge in [-0.15, -0.1) is 0 Å². The number of rotatable bonds is 7. The van der Waals surface area contributed by atoms with E-state index in [2.05, 4.69) is 5.32 Å². The zero-order valence-electron chi connectivity index (χ0n) is 14.6. The predicted octanol–water partition coefficient (Wildman–Crippen LogP) is 3.52. The van der Waals surface area contributed by atoms with Crippen LogP contribution in [0.2, 0.25) is 5.02 Å². The summed E-state index contributed by atoms with van der Waals surface area (Å²) >= 11 is 6.01. The Morgan fingerprint density at radius 3 is 2.23 bits per heavy atom. The van der Waals surface area contributed by atoms with Crippen LogP contribution in [0.25, 0.3) is 0 Å². The van der Waals surface area contributed by atoms with Crippen molar-refractivity contribution in [2.24, 2.45) is 5.92 Å². The van der Waals surface area contributed by atoms with Crippen LogP contribution in [0.1, 0.15) is 34.6 Å². The van der Waals surface area contributed by atoms with Gasteiger partial charge in [0.2, 0.25) is 0 Å². The number of carbonyl (C=O) groups excluding carboxylic acids is 3. The van der Waals surface area contributed by atoms with Crippen molar-refractivity contribution >= 4 is 29.3 Å². The maximum Gasteiger partial charge on any atom is 0.329 e. The van der Waals surface area contributed by atoms with Crippen LogP contribution in [0, 0.1) is 5.92 Å². The van der Waals surface area contributed by atoms with Gasteiger partial charge < -0.3 is 10.1 Å². The molecule has 0 unspecified atom stereocenters. The first kappa shape index (κ1) is 19.7. The molecule has 2 aromatic carbocycles. The second-order valence-electron chi connectivity index (χ2n) is 6.07. The molecule has 6 heteroatoms. The highest BCUT2D eigenvalue weighted by molar-refractivity contribution is 6.33. The Bertz CT molecular complexity index is 789. The standard InChI is InChI=1S/C20H20ClNO4/c1-13(2)18(22-19(24)15-10-6-7-11-16(15)21)20(25)26-12-17(23)14-8-4-3-5-9-14/h3-11,13,18H,12H2,1-2H3,(H,22,24)/t18-/m0/s1. The van der Waals surface area contributed by atoms with Gasteiger partial charge in [-0.2, -0.15) is 0 Å². The minimum Gasteiger partial charge on any atom is -0.456 e. The monoisotopic (exact) mass is 373 g/mol. The van der Waals surface area contributed by atoms with Gasteiger partial charge in [0.1, 0.15) is 6.04 Å². The Morgan fingerprint density at radius 1 is 1.00 bits per heavy atom. The van der Waals surface area contributed by atoms with Crippen LogP contribution in [0.5, 0.6) is 0 Å². The molecule has 0 aliphatic rings. The second-order valence-corrected chi connectivity index (χ2v) is 6.48. The smallest absolute Gasteiger partial charge is 0.329 e. The van der Waals surface area contributed by atoms with E-state index >= 15 is 0 Å². The van der Waals surface area contributed by atoms with Crippen molar-refractivity contribution in [1.82, 2.24) is 5.32 Å². The molecule has 0 radical (unpaired) electrons. The average Bonchev–Trinajstić information content (AvgIpc) is 2.64. The van der Waals surface area contributed by atoms with Crippen LogP contribution in [-0.2, 0) is 9.53 Å². The molecule has 0 aromatic heterocycles. The van der Waals surface area contributed by atoms with Crippen molar-refractivity contribution in [2.75, 3.05) is 6.61 Å². The topological polar surface area (TPSA) is 72.5 Å². The average molecular weight is 374 g/mol. The lowest BCUT2D eigenvalue weighted by Crippen LogP contribution is -2.45. The first-order chi connectivity index (χ1) is 12.4. The number of amides is 1. The number of ether oxygens (including phenoxy) is 1. The Kier molecular flexibility index (Phi) is 6.92. The van der Waals surface area contributed by atoms with Crippen LogP contribution in [-0.4, -0.2) is 30.3 Å². The summed E-state index contributed by atoms with van der Waals surface area (Å²) in [6.07, 6.45) is 0. The summed E-state index contributed by atoms with van der Waals surface area (Å²) in [6, 6.07) is 14.2. The lowest BCUT2D eigenvalue weighted by atomic mass is 10.0. The highest BCUT2D eigenvalue weighted by Crippen LogP contribution is 2.16. The molecule has 1 atom stereocenters. The third-order valence-electron chi connectivity index (χ3n) is 3.77. The van der Waals surface area contributed by atoms with Crippen LogP contribution < -0.4 is 5.32 Å². The molecule has 2 rings (SSSR count). The number of halogens is 1. The molecule has 1 N–H and O–H groups in total. The van der Waals surface area contributed by atoms with Crippen LogP contribution in [0.15, 0.2) is 54.6 Å². The van der Waals surface area contributed by atoms with Crippen LogP contribution in [0.4, 0.5) is 0 Å². The quantitative estimate of drug-likeness (QED) is 0.595. The third-order valence-corrected chi connectivity index (χ3v) is 4.10. The summed E-state index contributed by atoms with van der Waals surface area (Å²) in [5.41, 5.74) is 0.731. The molecule has 2 aromatic rings.